The summed E-state index contributed by atoms with van der Waals surface area (Å²) in [6.07, 6.45) is -0.955. The van der Waals surface area contributed by atoms with Gasteiger partial charge >= 0.3 is 0 Å². The molecule has 2 amide bonds. The molecule has 0 unspecified atom stereocenters. The van der Waals surface area contributed by atoms with Crippen LogP contribution in [0.25, 0.3) is 0 Å². The third-order valence-electron chi connectivity index (χ3n) is 3.23. The number of para-hydroxylation sites is 3. The van der Waals surface area contributed by atoms with E-state index < -0.39 is 6.10 Å². The molecule has 22 heavy (non-hydrogen) atoms. The molecule has 1 heterocycles. The van der Waals surface area contributed by atoms with Crippen LogP contribution in [0, 0.1) is 0 Å². The lowest BCUT2D eigenvalue weighted by Crippen LogP contribution is -2.39. The van der Waals surface area contributed by atoms with Crippen molar-refractivity contribution in [2.75, 3.05) is 10.6 Å². The number of anilines is 2. The molecule has 1 aliphatic heterocycles. The molecule has 0 aliphatic carbocycles. The van der Waals surface area contributed by atoms with Gasteiger partial charge in [-0.15, -0.1) is 0 Å². The van der Waals surface area contributed by atoms with Crippen LogP contribution in [0.1, 0.15) is 6.42 Å². The van der Waals surface area contributed by atoms with Crippen molar-refractivity contribution >= 4 is 34.8 Å². The molecule has 3 rings (SSSR count). The van der Waals surface area contributed by atoms with E-state index in [1.807, 2.05) is 0 Å². The van der Waals surface area contributed by atoms with Crippen LogP contribution in [0.3, 0.4) is 0 Å². The summed E-state index contributed by atoms with van der Waals surface area (Å²) in [7, 11) is 0. The van der Waals surface area contributed by atoms with E-state index in [2.05, 4.69) is 10.6 Å². The molecule has 0 fully saturated rings. The van der Waals surface area contributed by atoms with Crippen molar-refractivity contribution in [3.63, 3.8) is 0 Å². The number of carbonyl (C=O) groups excluding carboxylic acids is 2. The summed E-state index contributed by atoms with van der Waals surface area (Å²) in [4.78, 5) is 24.0. The highest BCUT2D eigenvalue weighted by atomic mass is 35.5. The van der Waals surface area contributed by atoms with Gasteiger partial charge in [0.15, 0.2) is 6.10 Å². The molecule has 5 nitrogen and oxygen atoms in total. The number of fused-ring (bicyclic) bond motifs is 1. The van der Waals surface area contributed by atoms with E-state index in [0.29, 0.717) is 22.1 Å². The van der Waals surface area contributed by atoms with Crippen LogP contribution in [0.4, 0.5) is 11.4 Å². The van der Waals surface area contributed by atoms with E-state index >= 15 is 0 Å². The Labute approximate surface area is 132 Å². The van der Waals surface area contributed by atoms with Crippen molar-refractivity contribution in [1.82, 2.24) is 0 Å². The fraction of sp³-hybridized carbons (Fsp3) is 0.125. The largest absolute Gasteiger partial charge is 0.478 e. The van der Waals surface area contributed by atoms with E-state index in [4.69, 9.17) is 16.3 Å². The van der Waals surface area contributed by atoms with Gasteiger partial charge in [-0.1, -0.05) is 35.9 Å². The zero-order valence-electron chi connectivity index (χ0n) is 11.5. The van der Waals surface area contributed by atoms with E-state index in [1.54, 1.807) is 48.5 Å². The molecule has 0 bridgehead atoms. The summed E-state index contributed by atoms with van der Waals surface area (Å²) in [6, 6.07) is 14.0. The highest BCUT2D eigenvalue weighted by Crippen LogP contribution is 2.29. The Morgan fingerprint density at radius 3 is 2.73 bits per heavy atom. The van der Waals surface area contributed by atoms with Gasteiger partial charge in [0.2, 0.25) is 5.91 Å². The minimum Gasteiger partial charge on any atom is -0.478 e. The molecule has 1 atom stereocenters. The van der Waals surface area contributed by atoms with Crippen molar-refractivity contribution in [3.8, 4) is 5.75 Å². The first-order valence-corrected chi connectivity index (χ1v) is 7.12. The number of halogens is 1. The zero-order chi connectivity index (χ0) is 15.5. The van der Waals surface area contributed by atoms with Gasteiger partial charge in [-0.2, -0.15) is 0 Å². The fourth-order valence-corrected chi connectivity index (χ4v) is 2.34. The van der Waals surface area contributed by atoms with E-state index in [9.17, 15) is 9.59 Å². The summed E-state index contributed by atoms with van der Waals surface area (Å²) >= 11 is 5.98. The van der Waals surface area contributed by atoms with Crippen molar-refractivity contribution in [2.45, 2.75) is 12.5 Å². The molecule has 2 N–H and O–H groups in total. The second-order valence-corrected chi connectivity index (χ2v) is 5.23. The quantitative estimate of drug-likeness (QED) is 0.914. The topological polar surface area (TPSA) is 67.4 Å². The number of nitrogens with one attached hydrogen (secondary N) is 2. The number of carbonyl (C=O) groups is 2. The molecular formula is C16H13ClN2O3. The summed E-state index contributed by atoms with van der Waals surface area (Å²) in [5.74, 6) is -0.127. The molecule has 0 spiro atoms. The normalized spacial score (nSPS) is 16.2. The van der Waals surface area contributed by atoms with Gasteiger partial charge in [0.05, 0.1) is 22.8 Å². The van der Waals surface area contributed by atoms with Crippen molar-refractivity contribution in [1.29, 1.82) is 0 Å². The molecule has 2 aromatic rings. The maximum absolute atomic E-state index is 12.1. The Hall–Kier alpha value is -2.53. The average Bonchev–Trinajstić information content (AvgIpc) is 2.50. The van der Waals surface area contributed by atoms with Crippen LogP contribution in [0.5, 0.6) is 5.75 Å². The highest BCUT2D eigenvalue weighted by molar-refractivity contribution is 6.33. The number of hydrogen-bond donors (Lipinski definition) is 2. The van der Waals surface area contributed by atoms with Gasteiger partial charge in [0.1, 0.15) is 5.75 Å². The van der Waals surface area contributed by atoms with Crippen molar-refractivity contribution in [2.24, 2.45) is 0 Å². The Bertz CT molecular complexity index is 733. The second kappa shape index (κ2) is 6.07. The van der Waals surface area contributed by atoms with Crippen LogP contribution in [-0.4, -0.2) is 17.9 Å². The van der Waals surface area contributed by atoms with Gasteiger partial charge in [0.25, 0.3) is 5.91 Å². The number of rotatable bonds is 3. The van der Waals surface area contributed by atoms with Crippen molar-refractivity contribution in [3.05, 3.63) is 53.6 Å². The SMILES string of the molecule is O=C(C[C@@H]1Oc2ccccc2NC1=O)Nc1ccccc1Cl. The number of benzene rings is 2. The summed E-state index contributed by atoms with van der Waals surface area (Å²) < 4.78 is 5.58. The number of ether oxygens (including phenoxy) is 1. The van der Waals surface area contributed by atoms with Crippen LogP contribution >= 0.6 is 11.6 Å². The molecule has 112 valence electrons. The average molecular weight is 317 g/mol. The summed E-state index contributed by atoms with van der Waals surface area (Å²) in [5, 5.41) is 5.83. The standard InChI is InChI=1S/C16H13ClN2O3/c17-10-5-1-2-6-11(10)18-15(20)9-14-16(21)19-12-7-3-4-8-13(12)22-14/h1-8,14H,9H2,(H,18,20)(H,19,21)/t14-/m0/s1. The fourth-order valence-electron chi connectivity index (χ4n) is 2.16. The van der Waals surface area contributed by atoms with Crippen LogP contribution < -0.4 is 15.4 Å². The lowest BCUT2D eigenvalue weighted by molar-refractivity contribution is -0.128. The highest BCUT2D eigenvalue weighted by Gasteiger charge is 2.29. The monoisotopic (exact) mass is 316 g/mol. The Morgan fingerprint density at radius 1 is 1.18 bits per heavy atom. The first kappa shape index (κ1) is 14.4. The first-order chi connectivity index (χ1) is 10.6. The predicted octanol–water partition coefficient (Wildman–Crippen LogP) is 3.07. The third kappa shape index (κ3) is 3.04. The Morgan fingerprint density at radius 2 is 1.91 bits per heavy atom. The number of hydrogen-bond acceptors (Lipinski definition) is 3. The molecule has 0 aromatic heterocycles. The smallest absolute Gasteiger partial charge is 0.266 e. The van der Waals surface area contributed by atoms with E-state index in [-0.39, 0.29) is 18.2 Å². The summed E-state index contributed by atoms with van der Waals surface area (Å²) in [6.45, 7) is 0. The molecule has 0 saturated carbocycles. The number of amides is 2. The maximum atomic E-state index is 12.1. The molecule has 2 aromatic carbocycles. The lowest BCUT2D eigenvalue weighted by Gasteiger charge is -2.25. The van der Waals surface area contributed by atoms with Gasteiger partial charge in [0, 0.05) is 0 Å². The molecule has 0 radical (unpaired) electrons. The van der Waals surface area contributed by atoms with Gasteiger partial charge in [-0.05, 0) is 24.3 Å². The molecule has 6 heteroatoms. The second-order valence-electron chi connectivity index (χ2n) is 4.82. The Kier molecular flexibility index (Phi) is 3.98. The lowest BCUT2D eigenvalue weighted by atomic mass is 10.1. The van der Waals surface area contributed by atoms with Gasteiger partial charge in [-0.3, -0.25) is 9.59 Å². The van der Waals surface area contributed by atoms with Crippen LogP contribution in [0.2, 0.25) is 5.02 Å². The third-order valence-corrected chi connectivity index (χ3v) is 3.55. The minimum atomic E-state index is -0.864. The molecule has 1 aliphatic rings. The van der Waals surface area contributed by atoms with Gasteiger partial charge in [-0.25, -0.2) is 0 Å². The summed E-state index contributed by atoms with van der Waals surface area (Å²) in [5.41, 5.74) is 1.11. The predicted molar refractivity (Wildman–Crippen MR) is 84.2 cm³/mol. The maximum Gasteiger partial charge on any atom is 0.266 e. The van der Waals surface area contributed by atoms with Gasteiger partial charge < -0.3 is 15.4 Å². The Balaban J connectivity index is 1.67. The molecule has 0 saturated heterocycles. The minimum absolute atomic E-state index is 0.0919. The van der Waals surface area contributed by atoms with E-state index in [0.717, 1.165) is 0 Å². The van der Waals surface area contributed by atoms with Crippen LogP contribution in [-0.2, 0) is 9.59 Å². The van der Waals surface area contributed by atoms with E-state index in [1.165, 1.54) is 0 Å². The van der Waals surface area contributed by atoms with Crippen molar-refractivity contribution < 1.29 is 14.3 Å². The van der Waals surface area contributed by atoms with Crippen LogP contribution in [0.15, 0.2) is 48.5 Å². The first-order valence-electron chi connectivity index (χ1n) is 6.74. The molecular weight excluding hydrogens is 304 g/mol. The zero-order valence-corrected chi connectivity index (χ0v) is 12.3.